The number of fused-ring (bicyclic) bond motifs is 1. The molecule has 0 heterocycles. The third kappa shape index (κ3) is 1.00. The van der Waals surface area contributed by atoms with Gasteiger partial charge in [-0.05, 0) is 35.7 Å². The molecule has 12 heavy (non-hydrogen) atoms. The van der Waals surface area contributed by atoms with Crippen molar-refractivity contribution in [2.45, 2.75) is 6.92 Å². The van der Waals surface area contributed by atoms with E-state index in [1.165, 1.54) is 16.3 Å². The standard InChI is InChI=1S/C12H10/c1-9-7-8-11-5-3-4-6-12(11)10(9)2/h1,3-8H,2H3. The molecule has 0 aliphatic rings. The maximum absolute atomic E-state index is 5.79. The lowest BCUT2D eigenvalue weighted by molar-refractivity contribution is 1.47. The highest BCUT2D eigenvalue weighted by Crippen LogP contribution is 2.20. The van der Waals surface area contributed by atoms with E-state index in [4.69, 9.17) is 6.92 Å². The van der Waals surface area contributed by atoms with Crippen molar-refractivity contribution in [3.05, 3.63) is 54.4 Å². The molecule has 2 rings (SSSR count). The summed E-state index contributed by atoms with van der Waals surface area (Å²) in [5.41, 5.74) is 2.04. The largest absolute Gasteiger partial charge is 0.0616 e. The summed E-state index contributed by atoms with van der Waals surface area (Å²) in [6.07, 6.45) is 0. The zero-order chi connectivity index (χ0) is 8.55. The van der Waals surface area contributed by atoms with Gasteiger partial charge in [-0.3, -0.25) is 0 Å². The molecular weight excluding hydrogens is 144 g/mol. The van der Waals surface area contributed by atoms with Gasteiger partial charge in [-0.25, -0.2) is 0 Å². The molecule has 2 radical (unpaired) electrons. The molecular formula is C12H10. The van der Waals surface area contributed by atoms with Gasteiger partial charge in [0.1, 0.15) is 0 Å². The molecule has 0 bridgehead atoms. The molecule has 0 heteroatoms. The molecule has 0 saturated heterocycles. The topological polar surface area (TPSA) is 0 Å². The van der Waals surface area contributed by atoms with E-state index in [0.717, 1.165) is 5.56 Å². The summed E-state index contributed by atoms with van der Waals surface area (Å²) in [5, 5.41) is 2.50. The van der Waals surface area contributed by atoms with Crippen molar-refractivity contribution in [3.8, 4) is 0 Å². The van der Waals surface area contributed by atoms with Crippen LogP contribution in [0.1, 0.15) is 11.1 Å². The Balaban J connectivity index is 2.91. The fraction of sp³-hybridized carbons (Fsp3) is 0.0833. The van der Waals surface area contributed by atoms with Crippen LogP contribution in [-0.2, 0) is 0 Å². The van der Waals surface area contributed by atoms with E-state index in [1.807, 2.05) is 18.2 Å². The zero-order valence-corrected chi connectivity index (χ0v) is 7.04. The molecule has 0 unspecified atom stereocenters. The van der Waals surface area contributed by atoms with Crippen molar-refractivity contribution in [2.24, 2.45) is 0 Å². The Labute approximate surface area is 72.8 Å². The first-order valence-electron chi connectivity index (χ1n) is 4.03. The summed E-state index contributed by atoms with van der Waals surface area (Å²) < 4.78 is 0. The van der Waals surface area contributed by atoms with Crippen LogP contribution in [0.3, 0.4) is 0 Å². The Bertz CT molecular complexity index is 413. The number of aryl methyl sites for hydroxylation is 1. The van der Waals surface area contributed by atoms with Crippen molar-refractivity contribution < 1.29 is 0 Å². The first kappa shape index (κ1) is 7.35. The number of hydrogen-bond acceptors (Lipinski definition) is 0. The van der Waals surface area contributed by atoms with Gasteiger partial charge >= 0.3 is 0 Å². The molecule has 0 saturated carbocycles. The quantitative estimate of drug-likeness (QED) is 0.546. The lowest BCUT2D eigenvalue weighted by atomic mass is 10.0. The van der Waals surface area contributed by atoms with Crippen LogP contribution in [0, 0.1) is 13.8 Å². The van der Waals surface area contributed by atoms with Gasteiger partial charge in [0.2, 0.25) is 0 Å². The minimum Gasteiger partial charge on any atom is -0.0616 e. The van der Waals surface area contributed by atoms with E-state index < -0.39 is 0 Å². The monoisotopic (exact) mass is 154 g/mol. The van der Waals surface area contributed by atoms with Crippen molar-refractivity contribution in [1.29, 1.82) is 0 Å². The smallest absolute Gasteiger partial charge is 0.000899 e. The van der Waals surface area contributed by atoms with Crippen LogP contribution in [0.15, 0.2) is 36.4 Å². The van der Waals surface area contributed by atoms with E-state index in [0.29, 0.717) is 0 Å². The fourth-order valence-corrected chi connectivity index (χ4v) is 1.44. The molecule has 2 aromatic rings. The van der Waals surface area contributed by atoms with E-state index in [-0.39, 0.29) is 0 Å². The van der Waals surface area contributed by atoms with Gasteiger partial charge in [-0.15, -0.1) is 0 Å². The average Bonchev–Trinajstić information content (AvgIpc) is 2.12. The molecule has 0 atom stereocenters. The van der Waals surface area contributed by atoms with Crippen LogP contribution < -0.4 is 0 Å². The summed E-state index contributed by atoms with van der Waals surface area (Å²) in [6, 6.07) is 12.3. The first-order valence-corrected chi connectivity index (χ1v) is 4.03. The third-order valence-electron chi connectivity index (χ3n) is 2.24. The number of rotatable bonds is 0. The first-order chi connectivity index (χ1) is 5.79. The maximum Gasteiger partial charge on any atom is -0.000899 e. The predicted molar refractivity (Wildman–Crippen MR) is 52.1 cm³/mol. The minimum atomic E-state index is 0.869. The molecule has 0 N–H and O–H groups in total. The third-order valence-corrected chi connectivity index (χ3v) is 2.24. The fourth-order valence-electron chi connectivity index (χ4n) is 1.44. The average molecular weight is 154 g/mol. The van der Waals surface area contributed by atoms with Crippen LogP contribution in [0.4, 0.5) is 0 Å². The van der Waals surface area contributed by atoms with E-state index in [9.17, 15) is 0 Å². The highest BCUT2D eigenvalue weighted by Gasteiger charge is 1.97. The van der Waals surface area contributed by atoms with Crippen LogP contribution in [0.2, 0.25) is 0 Å². The van der Waals surface area contributed by atoms with Crippen LogP contribution in [0.5, 0.6) is 0 Å². The Morgan fingerprint density at radius 2 is 1.75 bits per heavy atom. The van der Waals surface area contributed by atoms with Gasteiger partial charge in [0.05, 0.1) is 0 Å². The Morgan fingerprint density at radius 3 is 2.58 bits per heavy atom. The predicted octanol–water partition coefficient (Wildman–Crippen LogP) is 3.21. The minimum absolute atomic E-state index is 0.869. The lowest BCUT2D eigenvalue weighted by Gasteiger charge is -2.03. The van der Waals surface area contributed by atoms with Gasteiger partial charge in [-0.2, -0.15) is 0 Å². The highest BCUT2D eigenvalue weighted by atomic mass is 14.0. The lowest BCUT2D eigenvalue weighted by Crippen LogP contribution is -1.82. The Kier molecular flexibility index (Phi) is 1.61. The summed E-state index contributed by atoms with van der Waals surface area (Å²) >= 11 is 0. The SMILES string of the molecule is [CH]c1ccc2ccccc2c1C. The molecule has 0 spiro atoms. The van der Waals surface area contributed by atoms with Crippen molar-refractivity contribution in [1.82, 2.24) is 0 Å². The zero-order valence-electron chi connectivity index (χ0n) is 7.04. The number of hydrogen-bond donors (Lipinski definition) is 0. The molecule has 0 fully saturated rings. The van der Waals surface area contributed by atoms with Crippen LogP contribution in [0.25, 0.3) is 10.8 Å². The summed E-state index contributed by atoms with van der Waals surface area (Å²) in [4.78, 5) is 0. The van der Waals surface area contributed by atoms with Crippen LogP contribution in [-0.4, -0.2) is 0 Å². The summed E-state index contributed by atoms with van der Waals surface area (Å²) in [6.45, 7) is 7.84. The number of benzene rings is 2. The normalized spacial score (nSPS) is 10.5. The van der Waals surface area contributed by atoms with Gasteiger partial charge in [0.15, 0.2) is 0 Å². The van der Waals surface area contributed by atoms with Gasteiger partial charge in [-0.1, -0.05) is 36.4 Å². The maximum atomic E-state index is 5.79. The molecule has 58 valence electrons. The second-order valence-corrected chi connectivity index (χ2v) is 3.00. The molecule has 0 aromatic heterocycles. The molecule has 0 amide bonds. The van der Waals surface area contributed by atoms with Gasteiger partial charge in [0.25, 0.3) is 0 Å². The second-order valence-electron chi connectivity index (χ2n) is 3.00. The Hall–Kier alpha value is -1.30. The molecule has 0 aliphatic heterocycles. The van der Waals surface area contributed by atoms with E-state index >= 15 is 0 Å². The van der Waals surface area contributed by atoms with E-state index in [1.54, 1.807) is 0 Å². The molecule has 0 nitrogen and oxygen atoms in total. The molecule has 0 aliphatic carbocycles. The Morgan fingerprint density at radius 1 is 1.00 bits per heavy atom. The van der Waals surface area contributed by atoms with Crippen molar-refractivity contribution in [2.75, 3.05) is 0 Å². The van der Waals surface area contributed by atoms with Gasteiger partial charge in [0, 0.05) is 0 Å². The highest BCUT2D eigenvalue weighted by molar-refractivity contribution is 5.86. The van der Waals surface area contributed by atoms with E-state index in [2.05, 4.69) is 25.1 Å². The van der Waals surface area contributed by atoms with Crippen LogP contribution >= 0.6 is 0 Å². The molecule has 2 aromatic carbocycles. The summed E-state index contributed by atoms with van der Waals surface area (Å²) in [7, 11) is 0. The van der Waals surface area contributed by atoms with Crippen molar-refractivity contribution in [3.63, 3.8) is 0 Å². The van der Waals surface area contributed by atoms with Crippen molar-refractivity contribution >= 4 is 10.8 Å². The second kappa shape index (κ2) is 2.63. The van der Waals surface area contributed by atoms with Gasteiger partial charge < -0.3 is 0 Å². The summed E-state index contributed by atoms with van der Waals surface area (Å²) in [5.74, 6) is 0.